The number of rotatable bonds is 1. The first-order valence-corrected chi connectivity index (χ1v) is 1.11. The van der Waals surface area contributed by atoms with Crippen molar-refractivity contribution in [3.63, 3.8) is 0 Å². The monoisotopic (exact) mass is 195 g/mol. The average molecular weight is 196 g/mol. The van der Waals surface area contributed by atoms with Crippen LogP contribution in [0.15, 0.2) is 12.7 Å². The Balaban J connectivity index is -0.0000000800. The van der Waals surface area contributed by atoms with Crippen molar-refractivity contribution in [2.75, 3.05) is 0 Å². The van der Waals surface area contributed by atoms with Crippen molar-refractivity contribution in [3.05, 3.63) is 12.7 Å². The number of hydrogen-bond acceptors (Lipinski definition) is 3. The van der Waals surface area contributed by atoms with Crippen LogP contribution in [0.5, 0.6) is 0 Å². The van der Waals surface area contributed by atoms with E-state index in [2.05, 4.69) is 6.58 Å². The quantitative estimate of drug-likeness (QED) is 0.435. The summed E-state index contributed by atoms with van der Waals surface area (Å²) in [4.78, 5) is 9.14. The van der Waals surface area contributed by atoms with E-state index < -0.39 is 5.97 Å². The summed E-state index contributed by atoms with van der Waals surface area (Å²) in [5, 5.41) is 9.14. The van der Waals surface area contributed by atoms with Gasteiger partial charge in [-0.05, 0) is 6.08 Å². The van der Waals surface area contributed by atoms with Gasteiger partial charge in [-0.3, -0.25) is 0 Å². The van der Waals surface area contributed by atoms with Gasteiger partial charge in [0.05, 0.1) is 5.97 Å². The van der Waals surface area contributed by atoms with Gasteiger partial charge in [-0.2, -0.15) is 0 Å². The third-order valence-corrected chi connectivity index (χ3v) is 0.167. The van der Waals surface area contributed by atoms with Gasteiger partial charge < -0.3 is 16.1 Å². The van der Waals surface area contributed by atoms with Gasteiger partial charge in [-0.15, -0.1) is 0 Å². The smallest absolute Gasteiger partial charge is 0.545 e. The minimum atomic E-state index is -1.23. The molecule has 0 fully saturated rings. The molecule has 0 aliphatic rings. The van der Waals surface area contributed by atoms with Crippen molar-refractivity contribution in [2.24, 2.45) is 0 Å². The fourth-order valence-corrected chi connectivity index (χ4v) is 0. The molecule has 0 radical (unpaired) electrons. The fourth-order valence-electron chi connectivity index (χ4n) is 0. The normalized spacial score (nSPS) is 4.57. The second kappa shape index (κ2) is 9.32. The predicted octanol–water partition coefficient (Wildman–Crippen LogP) is -0.918. The van der Waals surface area contributed by atoms with E-state index in [1.807, 2.05) is 0 Å². The van der Waals surface area contributed by atoms with E-state index in [0.717, 1.165) is 6.08 Å². The predicted molar refractivity (Wildman–Crippen MR) is 20.2 cm³/mol. The maximum absolute atomic E-state index is 9.14. The maximum Gasteiger partial charge on any atom is 1.00 e. The zero-order chi connectivity index (χ0) is 4.28. The third-order valence-electron chi connectivity index (χ3n) is 0.167. The van der Waals surface area contributed by atoms with Gasteiger partial charge in [0.1, 0.15) is 0 Å². The number of aliphatic carboxylic acids is 1. The van der Waals surface area contributed by atoms with Crippen LogP contribution in [0.3, 0.4) is 0 Å². The Hall–Kier alpha value is -0.0897. The molecule has 4 heteroatoms. The first-order chi connectivity index (χ1) is 2.27. The first-order valence-electron chi connectivity index (χ1n) is 1.11. The van der Waals surface area contributed by atoms with Crippen LogP contribution in [0.2, 0.25) is 0 Å². The van der Waals surface area contributed by atoms with E-state index in [9.17, 15) is 0 Å². The number of hydrogen-bond donors (Lipinski definition) is 1. The van der Waals surface area contributed by atoms with Crippen LogP contribution in [-0.2, 0) is 27.2 Å². The Labute approximate surface area is 57.5 Å². The summed E-state index contributed by atoms with van der Waals surface area (Å²) in [5.41, 5.74) is 0. The van der Waals surface area contributed by atoms with E-state index >= 15 is 0 Å². The third kappa shape index (κ3) is 24.8. The van der Waals surface area contributed by atoms with Crippen LogP contribution < -0.4 is 11.3 Å². The summed E-state index contributed by atoms with van der Waals surface area (Å²) in [6.07, 6.45) is 0.722. The number of carbonyl (C=O) groups is 1. The molecule has 0 aliphatic heterocycles. The number of carboxylic acid groups (broad SMARTS) is 1. The van der Waals surface area contributed by atoms with Gasteiger partial charge in [0.2, 0.25) is 0 Å². The van der Waals surface area contributed by atoms with Crippen LogP contribution in [0.25, 0.3) is 0 Å². The molecule has 0 spiro atoms. The first kappa shape index (κ1) is 15.8. The van der Waals surface area contributed by atoms with E-state index in [-0.39, 0.29) is 28.5 Å². The summed E-state index contributed by atoms with van der Waals surface area (Å²) < 4.78 is 0. The molecular weight excluding hydrogens is 190 g/mol. The Bertz CT molecular complexity index is 64.0. The van der Waals surface area contributed by atoms with Crippen molar-refractivity contribution < 1.29 is 32.3 Å². The molecule has 0 rings (SSSR count). The Kier molecular flexibility index (Phi) is 21.0. The number of carboxylic acids is 1. The standard InChI is InChI=1S/C3H4O2.Ag.H3N/c1-2-3(4)5;;/h2H,1H2,(H,4,5);;1H3/q;+1;/p-1. The maximum atomic E-state index is 9.14. The Morgan fingerprint density at radius 1 is 1.71 bits per heavy atom. The molecule has 0 bridgehead atoms. The van der Waals surface area contributed by atoms with Crippen LogP contribution in [0, 0.1) is 0 Å². The van der Waals surface area contributed by atoms with E-state index in [1.54, 1.807) is 0 Å². The molecule has 7 heavy (non-hydrogen) atoms. The van der Waals surface area contributed by atoms with Crippen LogP contribution in [-0.4, -0.2) is 5.97 Å². The van der Waals surface area contributed by atoms with Crippen molar-refractivity contribution in [2.45, 2.75) is 0 Å². The molecule has 0 heterocycles. The second-order valence-electron chi connectivity index (χ2n) is 0.523. The fraction of sp³-hybridized carbons (Fsp3) is 0. The van der Waals surface area contributed by atoms with Gasteiger partial charge in [-0.25, -0.2) is 0 Å². The molecule has 3 N–H and O–H groups in total. The van der Waals surface area contributed by atoms with Gasteiger partial charge in [-0.1, -0.05) is 6.58 Å². The van der Waals surface area contributed by atoms with Crippen LogP contribution >= 0.6 is 0 Å². The van der Waals surface area contributed by atoms with Crippen LogP contribution in [0.1, 0.15) is 0 Å². The van der Waals surface area contributed by atoms with E-state index in [4.69, 9.17) is 9.90 Å². The average Bonchev–Trinajstić information content (AvgIpc) is 1.38. The summed E-state index contributed by atoms with van der Waals surface area (Å²) in [6.45, 7) is 2.90. The van der Waals surface area contributed by atoms with Gasteiger partial charge in [0.15, 0.2) is 0 Å². The SMILES string of the molecule is C=CC(=O)[O-].N.[Ag+]. The van der Waals surface area contributed by atoms with E-state index in [0.29, 0.717) is 0 Å². The molecular formula is C3H6AgNO2. The molecule has 0 aromatic heterocycles. The summed E-state index contributed by atoms with van der Waals surface area (Å²) >= 11 is 0. The van der Waals surface area contributed by atoms with Crippen molar-refractivity contribution in [3.8, 4) is 0 Å². The molecule has 0 amide bonds. The van der Waals surface area contributed by atoms with Crippen molar-refractivity contribution in [1.29, 1.82) is 0 Å². The van der Waals surface area contributed by atoms with Crippen LogP contribution in [0.4, 0.5) is 0 Å². The zero-order valence-electron chi connectivity index (χ0n) is 3.61. The topological polar surface area (TPSA) is 75.1 Å². The van der Waals surface area contributed by atoms with Gasteiger partial charge >= 0.3 is 22.4 Å². The molecule has 0 aromatic rings. The van der Waals surface area contributed by atoms with Crippen molar-refractivity contribution >= 4 is 5.97 Å². The van der Waals surface area contributed by atoms with Gasteiger partial charge in [0.25, 0.3) is 0 Å². The molecule has 0 aliphatic carbocycles. The van der Waals surface area contributed by atoms with E-state index in [1.165, 1.54) is 0 Å². The molecule has 0 saturated carbocycles. The summed E-state index contributed by atoms with van der Waals surface area (Å²) in [6, 6.07) is 0. The van der Waals surface area contributed by atoms with Gasteiger partial charge in [0, 0.05) is 0 Å². The Morgan fingerprint density at radius 3 is 1.86 bits per heavy atom. The zero-order valence-corrected chi connectivity index (χ0v) is 5.09. The Morgan fingerprint density at radius 2 is 1.86 bits per heavy atom. The van der Waals surface area contributed by atoms with Crippen molar-refractivity contribution in [1.82, 2.24) is 6.15 Å². The molecule has 0 atom stereocenters. The molecule has 3 nitrogen and oxygen atoms in total. The molecule has 0 unspecified atom stereocenters. The molecule has 0 aromatic carbocycles. The minimum Gasteiger partial charge on any atom is -0.545 e. The second-order valence-corrected chi connectivity index (χ2v) is 0.523. The minimum absolute atomic E-state index is 0. The molecule has 46 valence electrons. The summed E-state index contributed by atoms with van der Waals surface area (Å²) in [5.74, 6) is -1.23. The number of carbonyl (C=O) groups excluding carboxylic acids is 1. The largest absolute Gasteiger partial charge is 1.00 e. The summed E-state index contributed by atoms with van der Waals surface area (Å²) in [7, 11) is 0. The molecule has 0 saturated heterocycles.